The molecule has 0 bridgehead atoms. The Kier molecular flexibility index (Phi) is 3.54. The summed E-state index contributed by atoms with van der Waals surface area (Å²) in [6.07, 6.45) is 1.28. The van der Waals surface area contributed by atoms with Gasteiger partial charge in [0.25, 0.3) is 0 Å². The molecule has 2 N–H and O–H groups in total. The molecule has 0 saturated carbocycles. The number of ether oxygens (including phenoxy) is 1. The van der Waals surface area contributed by atoms with Gasteiger partial charge in [-0.2, -0.15) is 0 Å². The highest BCUT2D eigenvalue weighted by molar-refractivity contribution is 5.77. The minimum Gasteiger partial charge on any atom is -0.378 e. The van der Waals surface area contributed by atoms with Crippen molar-refractivity contribution >= 4 is 11.0 Å². The fourth-order valence-electron chi connectivity index (χ4n) is 3.30. The van der Waals surface area contributed by atoms with Gasteiger partial charge in [0.05, 0.1) is 17.1 Å². The van der Waals surface area contributed by atoms with Crippen LogP contribution < -0.4 is 5.73 Å². The highest BCUT2D eigenvalue weighted by Crippen LogP contribution is 2.36. The molecule has 1 saturated heterocycles. The molecule has 1 fully saturated rings. The van der Waals surface area contributed by atoms with Crippen molar-refractivity contribution in [3.05, 3.63) is 29.6 Å². The van der Waals surface area contributed by atoms with Gasteiger partial charge < -0.3 is 15.0 Å². The van der Waals surface area contributed by atoms with Gasteiger partial charge in [-0.05, 0) is 51.8 Å². The first-order valence-electron chi connectivity index (χ1n) is 7.75. The number of hydrogen-bond donors (Lipinski definition) is 1. The minimum absolute atomic E-state index is 0.00335. The van der Waals surface area contributed by atoms with Gasteiger partial charge in [-0.15, -0.1) is 0 Å². The lowest BCUT2D eigenvalue weighted by atomic mass is 9.99. The van der Waals surface area contributed by atoms with E-state index in [-0.39, 0.29) is 11.6 Å². The summed E-state index contributed by atoms with van der Waals surface area (Å²) in [5.41, 5.74) is 9.12. The zero-order valence-corrected chi connectivity index (χ0v) is 13.4. The third kappa shape index (κ3) is 2.47. The molecule has 1 aliphatic rings. The Bertz CT molecular complexity index is 654. The number of aromatic nitrogens is 2. The molecule has 1 aromatic heterocycles. The first kappa shape index (κ1) is 14.5. The van der Waals surface area contributed by atoms with Gasteiger partial charge in [0.1, 0.15) is 5.82 Å². The summed E-state index contributed by atoms with van der Waals surface area (Å²) in [6.45, 7) is 10.2. The van der Waals surface area contributed by atoms with E-state index in [1.165, 1.54) is 5.52 Å². The quantitative estimate of drug-likeness (QED) is 0.923. The molecule has 1 aliphatic heterocycles. The molecule has 0 aliphatic carbocycles. The van der Waals surface area contributed by atoms with Crippen LogP contribution in [0.25, 0.3) is 11.0 Å². The van der Waals surface area contributed by atoms with E-state index in [0.29, 0.717) is 12.5 Å². The molecular formula is C17H25N3O. The van der Waals surface area contributed by atoms with Crippen LogP contribution in [-0.4, -0.2) is 22.3 Å². The number of hydrogen-bond acceptors (Lipinski definition) is 3. The van der Waals surface area contributed by atoms with Crippen LogP contribution in [-0.2, 0) is 16.8 Å². The maximum atomic E-state index is 5.76. The van der Waals surface area contributed by atoms with Crippen LogP contribution in [0.2, 0.25) is 0 Å². The predicted molar refractivity (Wildman–Crippen MR) is 85.4 cm³/mol. The SMILES string of the molecule is CC1OCCC1c1nc2cc(CN)ccc2n1C(C)(C)C. The number of nitrogens with two attached hydrogens (primary N) is 1. The summed E-state index contributed by atoms with van der Waals surface area (Å²) in [6, 6.07) is 6.37. The average molecular weight is 287 g/mol. The van der Waals surface area contributed by atoms with Crippen LogP contribution in [0.3, 0.4) is 0 Å². The van der Waals surface area contributed by atoms with Crippen LogP contribution >= 0.6 is 0 Å². The van der Waals surface area contributed by atoms with Gasteiger partial charge in [0.15, 0.2) is 0 Å². The number of nitrogens with zero attached hydrogens (tertiary/aromatic N) is 2. The predicted octanol–water partition coefficient (Wildman–Crippen LogP) is 3.14. The summed E-state index contributed by atoms with van der Waals surface area (Å²) in [5, 5.41) is 0. The molecule has 2 aromatic rings. The molecule has 4 nitrogen and oxygen atoms in total. The van der Waals surface area contributed by atoms with E-state index in [1.807, 2.05) is 0 Å². The van der Waals surface area contributed by atoms with E-state index in [4.69, 9.17) is 15.5 Å². The molecule has 2 atom stereocenters. The molecule has 1 aromatic carbocycles. The average Bonchev–Trinajstić information content (AvgIpc) is 2.99. The molecule has 2 heterocycles. The second kappa shape index (κ2) is 5.11. The lowest BCUT2D eigenvalue weighted by Gasteiger charge is -2.27. The fourth-order valence-corrected chi connectivity index (χ4v) is 3.30. The van der Waals surface area contributed by atoms with Crippen molar-refractivity contribution in [2.24, 2.45) is 5.73 Å². The van der Waals surface area contributed by atoms with Crippen molar-refractivity contribution in [2.45, 2.75) is 58.2 Å². The number of rotatable bonds is 2. The largest absolute Gasteiger partial charge is 0.378 e. The van der Waals surface area contributed by atoms with Gasteiger partial charge in [0, 0.05) is 24.6 Å². The van der Waals surface area contributed by atoms with Crippen molar-refractivity contribution < 1.29 is 4.74 Å². The molecule has 21 heavy (non-hydrogen) atoms. The lowest BCUT2D eigenvalue weighted by molar-refractivity contribution is 0.116. The summed E-state index contributed by atoms with van der Waals surface area (Å²) in [5.74, 6) is 1.52. The van der Waals surface area contributed by atoms with Crippen LogP contribution in [0.1, 0.15) is 51.4 Å². The molecule has 0 spiro atoms. The Hall–Kier alpha value is -1.39. The van der Waals surface area contributed by atoms with Crippen LogP contribution in [0.4, 0.5) is 0 Å². The zero-order chi connectivity index (χ0) is 15.2. The van der Waals surface area contributed by atoms with Crippen LogP contribution in [0, 0.1) is 0 Å². The molecule has 114 valence electrons. The first-order valence-corrected chi connectivity index (χ1v) is 7.75. The second-order valence-corrected chi connectivity index (χ2v) is 6.97. The number of benzene rings is 1. The van der Waals surface area contributed by atoms with Crippen molar-refractivity contribution in [1.29, 1.82) is 0 Å². The van der Waals surface area contributed by atoms with E-state index in [0.717, 1.165) is 29.9 Å². The van der Waals surface area contributed by atoms with Crippen molar-refractivity contribution in [3.63, 3.8) is 0 Å². The summed E-state index contributed by atoms with van der Waals surface area (Å²) in [4.78, 5) is 4.95. The summed E-state index contributed by atoms with van der Waals surface area (Å²) >= 11 is 0. The Labute approximate surface area is 126 Å². The van der Waals surface area contributed by atoms with E-state index in [1.54, 1.807) is 0 Å². The molecular weight excluding hydrogens is 262 g/mol. The molecule has 0 amide bonds. The summed E-state index contributed by atoms with van der Waals surface area (Å²) in [7, 11) is 0. The highest BCUT2D eigenvalue weighted by Gasteiger charge is 2.33. The van der Waals surface area contributed by atoms with Crippen molar-refractivity contribution in [1.82, 2.24) is 9.55 Å². The Balaban J connectivity index is 2.22. The van der Waals surface area contributed by atoms with E-state index < -0.39 is 0 Å². The standard InChI is InChI=1S/C17H25N3O/c1-11-13(7-8-21-11)16-19-14-9-12(10-18)5-6-15(14)20(16)17(2,3)4/h5-6,9,11,13H,7-8,10,18H2,1-4H3. The van der Waals surface area contributed by atoms with E-state index in [2.05, 4.69) is 50.5 Å². The van der Waals surface area contributed by atoms with Crippen LogP contribution in [0.15, 0.2) is 18.2 Å². The van der Waals surface area contributed by atoms with Crippen molar-refractivity contribution in [3.8, 4) is 0 Å². The summed E-state index contributed by atoms with van der Waals surface area (Å²) < 4.78 is 8.13. The molecule has 4 heteroatoms. The van der Waals surface area contributed by atoms with Gasteiger partial charge >= 0.3 is 0 Å². The maximum absolute atomic E-state index is 5.76. The molecule has 0 radical (unpaired) electrons. The monoisotopic (exact) mass is 287 g/mol. The topological polar surface area (TPSA) is 53.1 Å². The van der Waals surface area contributed by atoms with E-state index in [9.17, 15) is 0 Å². The fraction of sp³-hybridized carbons (Fsp3) is 0.588. The highest BCUT2D eigenvalue weighted by atomic mass is 16.5. The van der Waals surface area contributed by atoms with Gasteiger partial charge in [0.2, 0.25) is 0 Å². The second-order valence-electron chi connectivity index (χ2n) is 6.97. The smallest absolute Gasteiger partial charge is 0.116 e. The Morgan fingerprint density at radius 1 is 1.38 bits per heavy atom. The molecule has 2 unspecified atom stereocenters. The Morgan fingerprint density at radius 3 is 2.71 bits per heavy atom. The van der Waals surface area contributed by atoms with Gasteiger partial charge in [-0.3, -0.25) is 0 Å². The number of imidazole rings is 1. The third-order valence-electron chi connectivity index (χ3n) is 4.36. The van der Waals surface area contributed by atoms with Crippen LogP contribution in [0.5, 0.6) is 0 Å². The first-order chi connectivity index (χ1) is 9.91. The zero-order valence-electron chi connectivity index (χ0n) is 13.4. The van der Waals surface area contributed by atoms with Crippen molar-refractivity contribution in [2.75, 3.05) is 6.61 Å². The van der Waals surface area contributed by atoms with E-state index >= 15 is 0 Å². The van der Waals surface area contributed by atoms with Gasteiger partial charge in [-0.1, -0.05) is 6.07 Å². The minimum atomic E-state index is -0.00335. The normalized spacial score (nSPS) is 23.1. The molecule has 3 rings (SSSR count). The Morgan fingerprint density at radius 2 is 2.14 bits per heavy atom. The maximum Gasteiger partial charge on any atom is 0.116 e. The van der Waals surface area contributed by atoms with Gasteiger partial charge in [-0.25, -0.2) is 4.98 Å². The lowest BCUT2D eigenvalue weighted by Crippen LogP contribution is -2.27. The number of fused-ring (bicyclic) bond motifs is 1. The third-order valence-corrected chi connectivity index (χ3v) is 4.36.